The van der Waals surface area contributed by atoms with Gasteiger partial charge in [-0.05, 0) is 19.4 Å². The lowest BCUT2D eigenvalue weighted by Gasteiger charge is -2.34. The van der Waals surface area contributed by atoms with Crippen LogP contribution in [0.1, 0.15) is 87.3 Å². The fourth-order valence-corrected chi connectivity index (χ4v) is 3.58. The molecule has 0 bridgehead atoms. The number of Topliss-reactive ketones (excluding diaryl/α,β-unsaturated/α-hetero) is 1. The molecule has 1 unspecified atom stereocenters. The third kappa shape index (κ3) is 7.45. The van der Waals surface area contributed by atoms with Crippen molar-refractivity contribution in [1.82, 2.24) is 0 Å². The molecule has 2 aliphatic heterocycles. The zero-order valence-electron chi connectivity index (χ0n) is 21.2. The fraction of sp³-hybridized carbons (Fsp3) is 0.536. The molecule has 2 aromatic carbocycles. The number of carbonyl (C=O) groups is 1. The summed E-state index contributed by atoms with van der Waals surface area (Å²) in [6, 6.07) is 15.1. The Bertz CT molecular complexity index is 910. The molecule has 6 heteroatoms. The van der Waals surface area contributed by atoms with Crippen molar-refractivity contribution in [2.45, 2.75) is 60.2 Å². The molecule has 2 fully saturated rings. The summed E-state index contributed by atoms with van der Waals surface area (Å²) in [6.07, 6.45) is -1.01. The van der Waals surface area contributed by atoms with Crippen LogP contribution in [-0.2, 0) is 18.9 Å². The zero-order valence-corrected chi connectivity index (χ0v) is 21.2. The smallest absolute Gasteiger partial charge is 0.183 e. The Morgan fingerprint density at radius 3 is 1.44 bits per heavy atom. The van der Waals surface area contributed by atoms with Crippen LogP contribution in [0.25, 0.3) is 0 Å². The summed E-state index contributed by atoms with van der Waals surface area (Å²) >= 11 is 0. The molecule has 4 rings (SSSR count). The number of aliphatic hydroxyl groups is 1. The monoisotopic (exact) mass is 470 g/mol. The lowest BCUT2D eigenvalue weighted by atomic mass is 9.95. The summed E-state index contributed by atoms with van der Waals surface area (Å²) in [7, 11) is 0. The minimum Gasteiger partial charge on any atom is -0.389 e. The summed E-state index contributed by atoms with van der Waals surface area (Å²) in [5.74, 6) is 0.0724. The van der Waals surface area contributed by atoms with Crippen molar-refractivity contribution in [2.24, 2.45) is 10.8 Å². The van der Waals surface area contributed by atoms with Crippen molar-refractivity contribution in [3.63, 3.8) is 0 Å². The predicted octanol–water partition coefficient (Wildman–Crippen LogP) is 5.77. The molecule has 0 aromatic heterocycles. The Morgan fingerprint density at radius 1 is 0.765 bits per heavy atom. The Morgan fingerprint density at radius 2 is 1.12 bits per heavy atom. The molecule has 186 valence electrons. The fourth-order valence-electron chi connectivity index (χ4n) is 3.58. The highest BCUT2D eigenvalue weighted by Crippen LogP contribution is 2.32. The summed E-state index contributed by atoms with van der Waals surface area (Å²) in [5, 5.41) is 9.43. The van der Waals surface area contributed by atoms with E-state index in [1.165, 1.54) is 0 Å². The van der Waals surface area contributed by atoms with Crippen LogP contribution in [0.4, 0.5) is 0 Å². The van der Waals surface area contributed by atoms with Gasteiger partial charge in [0, 0.05) is 27.5 Å². The van der Waals surface area contributed by atoms with E-state index in [1.54, 1.807) is 13.8 Å². The molecule has 0 radical (unpaired) electrons. The zero-order chi connectivity index (χ0) is 24.9. The molecule has 2 aromatic rings. The van der Waals surface area contributed by atoms with E-state index < -0.39 is 6.10 Å². The van der Waals surface area contributed by atoms with Crippen LogP contribution in [0.5, 0.6) is 0 Å². The number of aliphatic hydroxyl groups excluding tert-OH is 1. The van der Waals surface area contributed by atoms with Gasteiger partial charge in [-0.25, -0.2) is 0 Å². The SMILES string of the molecule is CC(=O)c1ccc(C2OCC(C)(C)CO2)cc1.CC(O)c1ccc(C2OCC(C)(C)CO2)cc1. The Hall–Kier alpha value is -2.09. The Labute approximate surface area is 203 Å². The van der Waals surface area contributed by atoms with Gasteiger partial charge in [-0.15, -0.1) is 0 Å². The third-order valence-electron chi connectivity index (χ3n) is 5.78. The van der Waals surface area contributed by atoms with Crippen LogP contribution in [-0.4, -0.2) is 37.3 Å². The highest BCUT2D eigenvalue weighted by molar-refractivity contribution is 5.94. The number of hydrogen-bond donors (Lipinski definition) is 1. The van der Waals surface area contributed by atoms with Gasteiger partial charge in [0.25, 0.3) is 0 Å². The quantitative estimate of drug-likeness (QED) is 0.572. The van der Waals surface area contributed by atoms with Gasteiger partial charge in [-0.1, -0.05) is 76.2 Å². The molecule has 2 aliphatic rings. The minimum atomic E-state index is -0.434. The first-order chi connectivity index (χ1) is 16.0. The van der Waals surface area contributed by atoms with Crippen LogP contribution in [0.3, 0.4) is 0 Å². The molecule has 0 amide bonds. The highest BCUT2D eigenvalue weighted by atomic mass is 16.7. The van der Waals surface area contributed by atoms with Crippen LogP contribution < -0.4 is 0 Å². The number of hydrogen-bond acceptors (Lipinski definition) is 6. The largest absolute Gasteiger partial charge is 0.389 e. The van der Waals surface area contributed by atoms with Crippen LogP contribution in [0.2, 0.25) is 0 Å². The molecule has 0 spiro atoms. The van der Waals surface area contributed by atoms with Crippen molar-refractivity contribution < 1.29 is 28.8 Å². The van der Waals surface area contributed by atoms with Crippen molar-refractivity contribution >= 4 is 5.78 Å². The van der Waals surface area contributed by atoms with Gasteiger partial charge in [0.2, 0.25) is 0 Å². The average molecular weight is 471 g/mol. The standard InChI is InChI=1S/C14H20O3.C14H18O3/c2*1-10(15)11-4-6-12(7-5-11)13-16-8-14(2,3)9-17-13/h4-7,10,13,15H,8-9H2,1-3H3;4-7,13H,8-9H2,1-3H3. The van der Waals surface area contributed by atoms with E-state index in [0.717, 1.165) is 16.7 Å². The number of benzene rings is 2. The predicted molar refractivity (Wildman–Crippen MR) is 130 cm³/mol. The van der Waals surface area contributed by atoms with Gasteiger partial charge in [0.1, 0.15) is 0 Å². The van der Waals surface area contributed by atoms with Gasteiger partial charge in [-0.3, -0.25) is 4.79 Å². The number of rotatable bonds is 4. The number of ether oxygens (including phenoxy) is 4. The van der Waals surface area contributed by atoms with Gasteiger partial charge < -0.3 is 24.1 Å². The second-order valence-corrected chi connectivity index (χ2v) is 10.8. The molecule has 6 nitrogen and oxygen atoms in total. The first-order valence-electron chi connectivity index (χ1n) is 11.8. The summed E-state index contributed by atoms with van der Waals surface area (Å²) in [5.41, 5.74) is 3.76. The summed E-state index contributed by atoms with van der Waals surface area (Å²) < 4.78 is 22.7. The lowest BCUT2D eigenvalue weighted by Crippen LogP contribution is -2.33. The number of carbonyl (C=O) groups excluding carboxylic acids is 1. The summed E-state index contributed by atoms with van der Waals surface area (Å²) in [4.78, 5) is 11.2. The highest BCUT2D eigenvalue weighted by Gasteiger charge is 2.30. The topological polar surface area (TPSA) is 74.2 Å². The maximum atomic E-state index is 11.2. The Kier molecular flexibility index (Phi) is 8.66. The molecule has 2 saturated heterocycles. The van der Waals surface area contributed by atoms with Crippen molar-refractivity contribution in [3.05, 3.63) is 70.8 Å². The third-order valence-corrected chi connectivity index (χ3v) is 5.78. The van der Waals surface area contributed by atoms with E-state index in [0.29, 0.717) is 32.0 Å². The van der Waals surface area contributed by atoms with Crippen LogP contribution in [0.15, 0.2) is 48.5 Å². The molecule has 34 heavy (non-hydrogen) atoms. The molecule has 0 saturated carbocycles. The minimum absolute atomic E-state index is 0.0724. The van der Waals surface area contributed by atoms with Gasteiger partial charge in [0.15, 0.2) is 18.4 Å². The molecule has 1 N–H and O–H groups in total. The van der Waals surface area contributed by atoms with E-state index in [1.807, 2.05) is 48.5 Å². The van der Waals surface area contributed by atoms with Gasteiger partial charge in [-0.2, -0.15) is 0 Å². The van der Waals surface area contributed by atoms with Crippen LogP contribution in [0, 0.1) is 10.8 Å². The van der Waals surface area contributed by atoms with E-state index in [4.69, 9.17) is 18.9 Å². The second kappa shape index (κ2) is 11.1. The van der Waals surface area contributed by atoms with E-state index >= 15 is 0 Å². The maximum absolute atomic E-state index is 11.2. The molecular formula is C28H38O6. The van der Waals surface area contributed by atoms with Crippen LogP contribution >= 0.6 is 0 Å². The summed E-state index contributed by atoms with van der Waals surface area (Å²) in [6.45, 7) is 14.6. The van der Waals surface area contributed by atoms with E-state index in [2.05, 4.69) is 27.7 Å². The van der Waals surface area contributed by atoms with Gasteiger partial charge in [0.05, 0.1) is 32.5 Å². The van der Waals surface area contributed by atoms with E-state index in [-0.39, 0.29) is 29.2 Å². The molecular weight excluding hydrogens is 432 g/mol. The van der Waals surface area contributed by atoms with Crippen molar-refractivity contribution in [2.75, 3.05) is 26.4 Å². The first kappa shape index (κ1) is 26.5. The van der Waals surface area contributed by atoms with Crippen molar-refractivity contribution in [1.29, 1.82) is 0 Å². The first-order valence-corrected chi connectivity index (χ1v) is 11.8. The molecule has 0 aliphatic carbocycles. The molecule has 1 atom stereocenters. The second-order valence-electron chi connectivity index (χ2n) is 10.8. The normalized spacial score (nSPS) is 21.3. The lowest BCUT2D eigenvalue weighted by molar-refractivity contribution is -0.226. The average Bonchev–Trinajstić information content (AvgIpc) is 2.80. The van der Waals surface area contributed by atoms with Crippen molar-refractivity contribution in [3.8, 4) is 0 Å². The van der Waals surface area contributed by atoms with Gasteiger partial charge >= 0.3 is 0 Å². The maximum Gasteiger partial charge on any atom is 0.183 e. The molecule has 2 heterocycles. The van der Waals surface area contributed by atoms with E-state index in [9.17, 15) is 9.90 Å². The Balaban J connectivity index is 0.000000191. The number of ketones is 1.